The zero-order valence-electron chi connectivity index (χ0n) is 13.2. The Morgan fingerprint density at radius 2 is 1.78 bits per heavy atom. The number of nitrogens with zero attached hydrogens (tertiary/aromatic N) is 2. The first-order chi connectivity index (χ1) is 10.9. The van der Waals surface area contributed by atoms with Gasteiger partial charge in [-0.15, -0.1) is 0 Å². The summed E-state index contributed by atoms with van der Waals surface area (Å²) in [6.07, 6.45) is -2.40. The van der Waals surface area contributed by atoms with E-state index in [0.29, 0.717) is 5.92 Å². The molecule has 1 fully saturated rings. The second-order valence-electron chi connectivity index (χ2n) is 6.04. The van der Waals surface area contributed by atoms with Crippen LogP contribution in [-0.4, -0.2) is 22.9 Å². The Morgan fingerprint density at radius 3 is 2.43 bits per heavy atom. The van der Waals surface area contributed by atoms with Crippen molar-refractivity contribution in [2.45, 2.75) is 38.8 Å². The van der Waals surface area contributed by atoms with Crippen molar-refractivity contribution in [3.63, 3.8) is 0 Å². The lowest BCUT2D eigenvalue weighted by molar-refractivity contribution is -0.137. The molecule has 1 aromatic carbocycles. The van der Waals surface area contributed by atoms with Gasteiger partial charge in [-0.05, 0) is 63.4 Å². The fourth-order valence-electron chi connectivity index (χ4n) is 3.49. The minimum Gasteiger partial charge on any atom is -0.317 e. The molecule has 0 unspecified atom stereocenters. The van der Waals surface area contributed by atoms with E-state index in [1.165, 1.54) is 16.8 Å². The van der Waals surface area contributed by atoms with Gasteiger partial charge in [-0.2, -0.15) is 18.3 Å². The van der Waals surface area contributed by atoms with Gasteiger partial charge in [0.25, 0.3) is 0 Å². The molecule has 3 rings (SSSR count). The van der Waals surface area contributed by atoms with Crippen molar-refractivity contribution in [2.24, 2.45) is 0 Å². The third kappa shape index (κ3) is 3.00. The maximum absolute atomic E-state index is 13.3. The van der Waals surface area contributed by atoms with Gasteiger partial charge in [-0.3, -0.25) is 0 Å². The first kappa shape index (κ1) is 16.1. The highest BCUT2D eigenvalue weighted by molar-refractivity contribution is 5.45. The van der Waals surface area contributed by atoms with Crippen molar-refractivity contribution in [3.8, 4) is 5.69 Å². The third-order valence-corrected chi connectivity index (χ3v) is 4.53. The van der Waals surface area contributed by atoms with Gasteiger partial charge >= 0.3 is 6.18 Å². The number of aryl methyl sites for hydroxylation is 1. The molecule has 3 nitrogen and oxygen atoms in total. The van der Waals surface area contributed by atoms with Gasteiger partial charge in [-0.1, -0.05) is 12.1 Å². The van der Waals surface area contributed by atoms with Crippen LogP contribution in [0.25, 0.3) is 5.69 Å². The molecule has 23 heavy (non-hydrogen) atoms. The van der Waals surface area contributed by atoms with Crippen LogP contribution in [0.15, 0.2) is 24.3 Å². The van der Waals surface area contributed by atoms with Gasteiger partial charge in [-0.25, -0.2) is 4.68 Å². The van der Waals surface area contributed by atoms with E-state index in [1.807, 2.05) is 13.8 Å². The largest absolute Gasteiger partial charge is 0.418 e. The number of hydrogen-bond donors (Lipinski definition) is 1. The molecule has 124 valence electrons. The Balaban J connectivity index is 2.09. The predicted octanol–water partition coefficient (Wildman–Crippen LogP) is 3.97. The molecule has 1 aromatic heterocycles. The summed E-state index contributed by atoms with van der Waals surface area (Å²) >= 11 is 0. The van der Waals surface area contributed by atoms with Crippen molar-refractivity contribution >= 4 is 0 Å². The second kappa shape index (κ2) is 6.00. The lowest BCUT2D eigenvalue weighted by Gasteiger charge is -2.23. The monoisotopic (exact) mass is 323 g/mol. The quantitative estimate of drug-likeness (QED) is 0.906. The number of benzene rings is 1. The fourth-order valence-corrected chi connectivity index (χ4v) is 3.49. The summed E-state index contributed by atoms with van der Waals surface area (Å²) in [6.45, 7) is 5.63. The summed E-state index contributed by atoms with van der Waals surface area (Å²) in [7, 11) is 0. The van der Waals surface area contributed by atoms with Gasteiger partial charge in [0.15, 0.2) is 0 Å². The average molecular weight is 323 g/mol. The Morgan fingerprint density at radius 1 is 1.13 bits per heavy atom. The number of rotatable bonds is 2. The minimum atomic E-state index is -4.39. The zero-order valence-corrected chi connectivity index (χ0v) is 13.2. The summed E-state index contributed by atoms with van der Waals surface area (Å²) in [6, 6.07) is 5.61. The van der Waals surface area contributed by atoms with E-state index in [-0.39, 0.29) is 5.69 Å². The van der Waals surface area contributed by atoms with Crippen LogP contribution in [0.3, 0.4) is 0 Å². The van der Waals surface area contributed by atoms with Crippen molar-refractivity contribution in [3.05, 3.63) is 46.8 Å². The number of nitrogens with one attached hydrogen (secondary N) is 1. The topological polar surface area (TPSA) is 29.9 Å². The molecular weight excluding hydrogens is 303 g/mol. The van der Waals surface area contributed by atoms with Crippen LogP contribution < -0.4 is 5.32 Å². The highest BCUT2D eigenvalue weighted by Gasteiger charge is 2.35. The number of piperidine rings is 1. The number of halogens is 3. The van der Waals surface area contributed by atoms with Crippen LogP contribution in [-0.2, 0) is 6.18 Å². The van der Waals surface area contributed by atoms with Crippen LogP contribution >= 0.6 is 0 Å². The lowest BCUT2D eigenvalue weighted by Crippen LogP contribution is -2.27. The first-order valence-electron chi connectivity index (χ1n) is 7.83. The van der Waals surface area contributed by atoms with E-state index in [4.69, 9.17) is 0 Å². The van der Waals surface area contributed by atoms with E-state index < -0.39 is 11.7 Å². The summed E-state index contributed by atoms with van der Waals surface area (Å²) in [5.74, 6) is 0.364. The molecule has 0 bridgehead atoms. The molecule has 0 atom stereocenters. The fraction of sp³-hybridized carbons (Fsp3) is 0.471. The number of aromatic nitrogens is 2. The van der Waals surface area contributed by atoms with E-state index in [2.05, 4.69) is 10.4 Å². The summed E-state index contributed by atoms with van der Waals surface area (Å²) in [5.41, 5.74) is 2.18. The summed E-state index contributed by atoms with van der Waals surface area (Å²) < 4.78 is 41.3. The zero-order chi connectivity index (χ0) is 16.6. The second-order valence-corrected chi connectivity index (χ2v) is 6.04. The van der Waals surface area contributed by atoms with Crippen LogP contribution in [0.2, 0.25) is 0 Å². The minimum absolute atomic E-state index is 0.0979. The van der Waals surface area contributed by atoms with Crippen molar-refractivity contribution in [1.29, 1.82) is 0 Å². The predicted molar refractivity (Wildman–Crippen MR) is 82.9 cm³/mol. The smallest absolute Gasteiger partial charge is 0.317 e. The van der Waals surface area contributed by atoms with Gasteiger partial charge in [0.05, 0.1) is 16.9 Å². The van der Waals surface area contributed by atoms with Crippen LogP contribution in [0.1, 0.15) is 41.3 Å². The summed E-state index contributed by atoms with van der Waals surface area (Å²) in [4.78, 5) is 0. The molecule has 1 saturated heterocycles. The Hall–Kier alpha value is -1.82. The SMILES string of the molecule is Cc1nn(-c2ccccc2C(F)(F)F)c(C)c1C1CCNCC1. The average Bonchev–Trinajstić information content (AvgIpc) is 2.82. The number of hydrogen-bond acceptors (Lipinski definition) is 2. The van der Waals surface area contributed by atoms with Crippen LogP contribution in [0, 0.1) is 13.8 Å². The van der Waals surface area contributed by atoms with E-state index in [1.54, 1.807) is 6.07 Å². The molecule has 0 saturated carbocycles. The normalized spacial score (nSPS) is 16.7. The molecule has 2 aromatic rings. The Kier molecular flexibility index (Phi) is 4.19. The molecule has 0 aliphatic carbocycles. The van der Waals surface area contributed by atoms with Gasteiger partial charge in [0.1, 0.15) is 0 Å². The number of para-hydroxylation sites is 1. The standard InChI is InChI=1S/C17H20F3N3/c1-11-16(13-7-9-21-10-8-13)12(2)23(22-11)15-6-4-3-5-14(15)17(18,19)20/h3-6,13,21H,7-10H2,1-2H3. The Labute approximate surface area is 133 Å². The van der Waals surface area contributed by atoms with E-state index >= 15 is 0 Å². The molecular formula is C17H20F3N3. The maximum atomic E-state index is 13.3. The molecule has 0 amide bonds. The molecule has 0 spiro atoms. The Bertz CT molecular complexity index is 698. The molecule has 2 heterocycles. The van der Waals surface area contributed by atoms with Crippen molar-refractivity contribution in [2.75, 3.05) is 13.1 Å². The molecule has 1 N–H and O–H groups in total. The summed E-state index contributed by atoms with van der Waals surface area (Å²) in [5, 5.41) is 7.74. The van der Waals surface area contributed by atoms with Crippen molar-refractivity contribution in [1.82, 2.24) is 15.1 Å². The van der Waals surface area contributed by atoms with Crippen molar-refractivity contribution < 1.29 is 13.2 Å². The molecule has 1 aliphatic rings. The van der Waals surface area contributed by atoms with Crippen LogP contribution in [0.5, 0.6) is 0 Å². The van der Waals surface area contributed by atoms with Gasteiger partial charge in [0.2, 0.25) is 0 Å². The highest BCUT2D eigenvalue weighted by Crippen LogP contribution is 2.36. The van der Waals surface area contributed by atoms with Crippen LogP contribution in [0.4, 0.5) is 13.2 Å². The van der Waals surface area contributed by atoms with Gasteiger partial charge < -0.3 is 5.32 Å². The lowest BCUT2D eigenvalue weighted by atomic mass is 9.89. The van der Waals surface area contributed by atoms with Gasteiger partial charge in [0, 0.05) is 5.69 Å². The highest BCUT2D eigenvalue weighted by atomic mass is 19.4. The molecule has 0 radical (unpaired) electrons. The molecule has 1 aliphatic heterocycles. The first-order valence-corrected chi connectivity index (χ1v) is 7.83. The molecule has 6 heteroatoms. The third-order valence-electron chi connectivity index (χ3n) is 4.53. The van der Waals surface area contributed by atoms with E-state index in [0.717, 1.165) is 48.9 Å². The van der Waals surface area contributed by atoms with E-state index in [9.17, 15) is 13.2 Å². The number of alkyl halides is 3. The maximum Gasteiger partial charge on any atom is 0.418 e.